The quantitative estimate of drug-likeness (QED) is 0.376. The minimum atomic E-state index is -1.21. The molecule has 0 aliphatic carbocycles. The summed E-state index contributed by atoms with van der Waals surface area (Å²) in [5.41, 5.74) is 0.552. The van der Waals surface area contributed by atoms with Crippen LogP contribution < -0.4 is 4.74 Å². The number of carbonyl (C=O) groups is 2. The van der Waals surface area contributed by atoms with E-state index in [1.54, 1.807) is 6.07 Å². The van der Waals surface area contributed by atoms with Crippen molar-refractivity contribution >= 4 is 11.9 Å². The van der Waals surface area contributed by atoms with E-state index in [4.69, 9.17) is 9.84 Å². The molecule has 118 valence electrons. The van der Waals surface area contributed by atoms with Crippen molar-refractivity contribution in [2.75, 3.05) is 0 Å². The van der Waals surface area contributed by atoms with Gasteiger partial charge in [-0.2, -0.15) is 0 Å². The zero-order valence-electron chi connectivity index (χ0n) is 11.7. The molecule has 2 aromatic rings. The van der Waals surface area contributed by atoms with Crippen LogP contribution in [0.1, 0.15) is 26.3 Å². The van der Waals surface area contributed by atoms with Gasteiger partial charge in [0.1, 0.15) is 17.9 Å². The Labute approximate surface area is 130 Å². The van der Waals surface area contributed by atoms with Crippen LogP contribution in [0, 0.1) is 10.1 Å². The minimum Gasteiger partial charge on any atom is -0.478 e. The van der Waals surface area contributed by atoms with Gasteiger partial charge in [0.15, 0.2) is 0 Å². The molecule has 0 aliphatic heterocycles. The molecule has 8 heteroatoms. The van der Waals surface area contributed by atoms with E-state index in [9.17, 15) is 19.7 Å². The van der Waals surface area contributed by atoms with Crippen LogP contribution in [0.4, 0.5) is 0 Å². The lowest BCUT2D eigenvalue weighted by atomic mass is 10.1. The molecule has 0 fully saturated rings. The molecule has 0 heterocycles. The van der Waals surface area contributed by atoms with Crippen molar-refractivity contribution in [2.45, 2.75) is 6.61 Å². The first kappa shape index (κ1) is 16.0. The Hall–Kier alpha value is -3.42. The molecule has 0 spiro atoms. The third kappa shape index (κ3) is 4.27. The first-order valence-corrected chi connectivity index (χ1v) is 6.38. The summed E-state index contributed by atoms with van der Waals surface area (Å²) in [6.07, 6.45) is 0. The fraction of sp³-hybridized carbons (Fsp3) is 0.0667. The van der Waals surface area contributed by atoms with Crippen molar-refractivity contribution in [3.8, 4) is 5.75 Å². The highest BCUT2D eigenvalue weighted by molar-refractivity contribution is 5.95. The first-order chi connectivity index (χ1) is 11.0. The summed E-state index contributed by atoms with van der Waals surface area (Å²) in [5.74, 6) is -2.01. The minimum absolute atomic E-state index is 0.0641. The zero-order chi connectivity index (χ0) is 16.8. The number of nitrogens with zero attached hydrogens (tertiary/aromatic N) is 1. The number of benzene rings is 2. The van der Waals surface area contributed by atoms with Crippen LogP contribution in [-0.2, 0) is 11.4 Å². The molecule has 1 N–H and O–H groups in total. The molecule has 0 aliphatic rings. The zero-order valence-corrected chi connectivity index (χ0v) is 11.7. The van der Waals surface area contributed by atoms with E-state index < -0.39 is 17.0 Å². The number of aromatic carboxylic acids is 1. The number of carboxylic acids is 1. The Morgan fingerprint density at radius 3 is 2.35 bits per heavy atom. The van der Waals surface area contributed by atoms with Crippen LogP contribution >= 0.6 is 0 Å². The van der Waals surface area contributed by atoms with Crippen LogP contribution in [0.3, 0.4) is 0 Å². The number of carbonyl (C=O) groups excluding carboxylic acids is 1. The molecule has 23 heavy (non-hydrogen) atoms. The predicted octanol–water partition coefficient (Wildman–Crippen LogP) is 2.31. The van der Waals surface area contributed by atoms with Gasteiger partial charge >= 0.3 is 11.9 Å². The van der Waals surface area contributed by atoms with Gasteiger partial charge in [0.2, 0.25) is 0 Å². The SMILES string of the molecule is O=C(Oc1ccccc1C(=O)O)c1ccc(CO[N+](=O)[O-])cc1. The van der Waals surface area contributed by atoms with Crippen molar-refractivity contribution in [1.29, 1.82) is 0 Å². The lowest BCUT2D eigenvalue weighted by molar-refractivity contribution is -0.763. The average Bonchev–Trinajstić information content (AvgIpc) is 2.53. The van der Waals surface area contributed by atoms with Crippen molar-refractivity contribution in [2.24, 2.45) is 0 Å². The molecule has 0 aromatic heterocycles. The first-order valence-electron chi connectivity index (χ1n) is 6.38. The monoisotopic (exact) mass is 317 g/mol. The second kappa shape index (κ2) is 7.03. The van der Waals surface area contributed by atoms with Gasteiger partial charge in [-0.1, -0.05) is 24.3 Å². The smallest absolute Gasteiger partial charge is 0.343 e. The van der Waals surface area contributed by atoms with Gasteiger partial charge in [-0.05, 0) is 29.8 Å². The number of hydrogen-bond acceptors (Lipinski definition) is 6. The largest absolute Gasteiger partial charge is 0.478 e. The fourth-order valence-corrected chi connectivity index (χ4v) is 1.76. The molecule has 0 unspecified atom stereocenters. The Morgan fingerprint density at radius 1 is 1.09 bits per heavy atom. The number of rotatable bonds is 6. The molecule has 0 bridgehead atoms. The molecule has 0 saturated heterocycles. The molecule has 0 saturated carbocycles. The number of carboxylic acid groups (broad SMARTS) is 1. The van der Waals surface area contributed by atoms with Gasteiger partial charge in [0.05, 0.1) is 5.56 Å². The van der Waals surface area contributed by atoms with E-state index in [2.05, 4.69) is 4.84 Å². The third-order valence-electron chi connectivity index (χ3n) is 2.85. The molecule has 2 aromatic carbocycles. The summed E-state index contributed by atoms with van der Waals surface area (Å²) < 4.78 is 5.07. The summed E-state index contributed by atoms with van der Waals surface area (Å²) >= 11 is 0. The standard InChI is InChI=1S/C15H11NO7/c17-14(18)12-3-1-2-4-13(12)23-15(19)11-7-5-10(6-8-11)9-22-16(20)21/h1-8H,9H2,(H,17,18). The van der Waals surface area contributed by atoms with E-state index in [-0.39, 0.29) is 23.5 Å². The Bertz CT molecular complexity index is 740. The molecule has 0 radical (unpaired) electrons. The highest BCUT2D eigenvalue weighted by Gasteiger charge is 2.15. The van der Waals surface area contributed by atoms with Gasteiger partial charge in [0.25, 0.3) is 5.09 Å². The normalized spacial score (nSPS) is 9.91. The summed E-state index contributed by atoms with van der Waals surface area (Å²) in [7, 11) is 0. The molecular weight excluding hydrogens is 306 g/mol. The van der Waals surface area contributed by atoms with Gasteiger partial charge in [-0.15, -0.1) is 10.1 Å². The third-order valence-corrected chi connectivity index (χ3v) is 2.85. The van der Waals surface area contributed by atoms with Crippen LogP contribution in [0.15, 0.2) is 48.5 Å². The maximum atomic E-state index is 12.0. The van der Waals surface area contributed by atoms with Crippen molar-refractivity contribution in [1.82, 2.24) is 0 Å². The molecule has 0 amide bonds. The lowest BCUT2D eigenvalue weighted by Gasteiger charge is -2.07. The Balaban J connectivity index is 2.09. The second-order valence-electron chi connectivity index (χ2n) is 4.38. The van der Waals surface area contributed by atoms with Crippen molar-refractivity contribution in [3.63, 3.8) is 0 Å². The fourth-order valence-electron chi connectivity index (χ4n) is 1.76. The summed E-state index contributed by atoms with van der Waals surface area (Å²) in [6, 6.07) is 11.5. The predicted molar refractivity (Wildman–Crippen MR) is 76.6 cm³/mol. The highest BCUT2D eigenvalue weighted by atomic mass is 16.9. The van der Waals surface area contributed by atoms with Crippen molar-refractivity contribution < 1.29 is 29.4 Å². The van der Waals surface area contributed by atoms with Crippen LogP contribution in [0.5, 0.6) is 5.75 Å². The highest BCUT2D eigenvalue weighted by Crippen LogP contribution is 2.19. The van der Waals surface area contributed by atoms with E-state index in [0.717, 1.165) is 0 Å². The molecule has 0 atom stereocenters. The summed E-state index contributed by atoms with van der Waals surface area (Å²) in [6.45, 7) is -0.232. The number of esters is 1. The van der Waals surface area contributed by atoms with Gasteiger partial charge in [0, 0.05) is 0 Å². The number of hydrogen-bond donors (Lipinski definition) is 1. The topological polar surface area (TPSA) is 116 Å². The average molecular weight is 317 g/mol. The molecule has 2 rings (SSSR count). The van der Waals surface area contributed by atoms with E-state index in [1.165, 1.54) is 42.5 Å². The number of ether oxygens (including phenoxy) is 1. The Kier molecular flexibility index (Phi) is 4.88. The second-order valence-corrected chi connectivity index (χ2v) is 4.38. The maximum absolute atomic E-state index is 12.0. The Morgan fingerprint density at radius 2 is 1.74 bits per heavy atom. The van der Waals surface area contributed by atoms with E-state index in [1.807, 2.05) is 0 Å². The molecule has 8 nitrogen and oxygen atoms in total. The van der Waals surface area contributed by atoms with Crippen LogP contribution in [0.2, 0.25) is 0 Å². The van der Waals surface area contributed by atoms with E-state index >= 15 is 0 Å². The van der Waals surface area contributed by atoms with Gasteiger partial charge < -0.3 is 14.7 Å². The van der Waals surface area contributed by atoms with Gasteiger partial charge in [-0.25, -0.2) is 9.59 Å². The van der Waals surface area contributed by atoms with Crippen LogP contribution in [-0.4, -0.2) is 22.1 Å². The van der Waals surface area contributed by atoms with Gasteiger partial charge in [-0.3, -0.25) is 0 Å². The van der Waals surface area contributed by atoms with Crippen LogP contribution in [0.25, 0.3) is 0 Å². The van der Waals surface area contributed by atoms with Crippen molar-refractivity contribution in [3.05, 3.63) is 75.3 Å². The van der Waals surface area contributed by atoms with E-state index in [0.29, 0.717) is 5.56 Å². The lowest BCUT2D eigenvalue weighted by Crippen LogP contribution is -2.11. The summed E-state index contributed by atoms with van der Waals surface area (Å²) in [4.78, 5) is 37.4. The molecular formula is C15H11NO7. The number of para-hydroxylation sites is 1. The summed E-state index contributed by atoms with van der Waals surface area (Å²) in [5, 5.41) is 18.2. The maximum Gasteiger partial charge on any atom is 0.343 e.